The maximum absolute atomic E-state index is 12.7. The molecule has 30 heavy (non-hydrogen) atoms. The Morgan fingerprint density at radius 1 is 1.23 bits per heavy atom. The fourth-order valence-corrected chi connectivity index (χ4v) is 4.85. The number of nitrogens with zero attached hydrogens (tertiary/aromatic N) is 2. The topological polar surface area (TPSA) is 93.4 Å². The Morgan fingerprint density at radius 3 is 2.43 bits per heavy atom. The molecular weight excluding hydrogens is 398 g/mol. The van der Waals surface area contributed by atoms with Gasteiger partial charge in [-0.25, -0.2) is 0 Å². The zero-order valence-electron chi connectivity index (χ0n) is 18.2. The molecule has 0 spiro atoms. The van der Waals surface area contributed by atoms with Crippen LogP contribution < -0.4 is 16.2 Å². The molecule has 1 amide bonds. The lowest BCUT2D eigenvalue weighted by Crippen LogP contribution is -2.38. The number of primary amides is 1. The maximum atomic E-state index is 12.7. The molecule has 1 aliphatic rings. The van der Waals surface area contributed by atoms with Crippen molar-refractivity contribution in [2.24, 2.45) is 16.6 Å². The highest BCUT2D eigenvalue weighted by molar-refractivity contribution is 7.15. The highest BCUT2D eigenvalue weighted by Crippen LogP contribution is 2.37. The molecule has 1 aliphatic carbocycles. The third-order valence-electron chi connectivity index (χ3n) is 5.86. The van der Waals surface area contributed by atoms with E-state index in [4.69, 9.17) is 5.73 Å². The molecule has 1 aromatic heterocycles. The average molecular weight is 428 g/mol. The van der Waals surface area contributed by atoms with Crippen molar-refractivity contribution in [3.05, 3.63) is 50.6 Å². The molecule has 0 saturated carbocycles. The van der Waals surface area contributed by atoms with Gasteiger partial charge in [0.25, 0.3) is 5.56 Å². The molecule has 0 atom stereocenters. The van der Waals surface area contributed by atoms with Crippen molar-refractivity contribution < 1.29 is 9.59 Å². The lowest BCUT2D eigenvalue weighted by Gasteiger charge is -2.31. The van der Waals surface area contributed by atoms with Crippen LogP contribution in [0, 0.1) is 10.8 Å². The van der Waals surface area contributed by atoms with Crippen LogP contribution in [0.2, 0.25) is 0 Å². The molecule has 6 nitrogen and oxygen atoms in total. The highest BCUT2D eigenvalue weighted by atomic mass is 32.1. The monoisotopic (exact) mass is 427 g/mol. The molecule has 1 aromatic carbocycles. The average Bonchev–Trinajstić information content (AvgIpc) is 2.68. The van der Waals surface area contributed by atoms with E-state index in [1.54, 1.807) is 23.5 Å². The van der Waals surface area contributed by atoms with Gasteiger partial charge in [-0.2, -0.15) is 4.98 Å². The number of benzene rings is 1. The largest absolute Gasteiger partial charge is 0.369 e. The summed E-state index contributed by atoms with van der Waals surface area (Å²) in [5.41, 5.74) is 6.21. The minimum atomic E-state index is -1.26. The standard InChI is InChI=1S/C23H29N3O3S/c1-6-26(15-9-7-14(8-10-15)18(27)23(4,5)20(24)29)21-25-19(28)16-13-22(2,3)12-11-17(16)30-21/h7-10H,6,11-13H2,1-5H3,(H2,24,29). The normalized spacial score (nSPS) is 15.4. The number of hydrogen-bond acceptors (Lipinski definition) is 6. The van der Waals surface area contributed by atoms with Gasteiger partial charge in [0.1, 0.15) is 5.41 Å². The number of amides is 1. The van der Waals surface area contributed by atoms with Gasteiger partial charge in [0.05, 0.1) is 0 Å². The van der Waals surface area contributed by atoms with Gasteiger partial charge < -0.3 is 10.6 Å². The summed E-state index contributed by atoms with van der Waals surface area (Å²) < 4.78 is 0. The summed E-state index contributed by atoms with van der Waals surface area (Å²) in [5, 5.41) is 0.664. The van der Waals surface area contributed by atoms with E-state index in [-0.39, 0.29) is 16.8 Å². The maximum Gasteiger partial charge on any atom is 0.276 e. The van der Waals surface area contributed by atoms with E-state index in [0.717, 1.165) is 35.4 Å². The van der Waals surface area contributed by atoms with E-state index in [1.807, 2.05) is 24.0 Å². The lowest BCUT2D eigenvalue weighted by molar-refractivity contribution is -0.123. The van der Waals surface area contributed by atoms with Crippen LogP contribution in [0.1, 0.15) is 61.8 Å². The quantitative estimate of drug-likeness (QED) is 0.558. The number of fused-ring (bicyclic) bond motifs is 1. The number of carbonyl (C=O) groups excluding carboxylic acids is 2. The van der Waals surface area contributed by atoms with E-state index in [0.29, 0.717) is 17.2 Å². The van der Waals surface area contributed by atoms with Gasteiger partial charge in [0, 0.05) is 28.2 Å². The summed E-state index contributed by atoms with van der Waals surface area (Å²) in [7, 11) is 0. The minimum Gasteiger partial charge on any atom is -0.369 e. The van der Waals surface area contributed by atoms with E-state index < -0.39 is 11.3 Å². The SMILES string of the molecule is CCN(c1ccc(C(=O)C(C)(C)C(N)=O)cc1)c1nc(=O)c2c(s1)CCC(C)(C)C2. The zero-order chi connectivity index (χ0) is 22.3. The summed E-state index contributed by atoms with van der Waals surface area (Å²) in [6, 6.07) is 7.01. The molecule has 0 aliphatic heterocycles. The number of ketones is 1. The Balaban J connectivity index is 1.92. The number of aromatic nitrogens is 1. The second-order valence-corrected chi connectivity index (χ2v) is 10.2. The third-order valence-corrected chi connectivity index (χ3v) is 7.05. The van der Waals surface area contributed by atoms with Gasteiger partial charge in [-0.1, -0.05) is 13.8 Å². The molecule has 0 bridgehead atoms. The van der Waals surface area contributed by atoms with Crippen molar-refractivity contribution in [2.45, 2.75) is 53.9 Å². The Hall–Kier alpha value is -2.54. The van der Waals surface area contributed by atoms with Crippen molar-refractivity contribution >= 4 is 33.8 Å². The van der Waals surface area contributed by atoms with Gasteiger partial charge in [-0.3, -0.25) is 14.4 Å². The molecule has 1 heterocycles. The van der Waals surface area contributed by atoms with Crippen LogP contribution >= 0.6 is 11.3 Å². The van der Waals surface area contributed by atoms with Crippen LogP contribution in [-0.4, -0.2) is 23.2 Å². The second-order valence-electron chi connectivity index (χ2n) is 9.15. The summed E-state index contributed by atoms with van der Waals surface area (Å²) in [6.45, 7) is 10.1. The predicted molar refractivity (Wildman–Crippen MR) is 121 cm³/mol. The number of nitrogens with two attached hydrogens (primary N) is 1. The summed E-state index contributed by atoms with van der Waals surface area (Å²) in [4.78, 5) is 44.4. The molecule has 0 unspecified atom stereocenters. The van der Waals surface area contributed by atoms with Crippen molar-refractivity contribution in [1.82, 2.24) is 4.98 Å². The first-order valence-electron chi connectivity index (χ1n) is 10.2. The molecule has 0 saturated heterocycles. The van der Waals surface area contributed by atoms with Crippen LogP contribution in [0.5, 0.6) is 0 Å². The van der Waals surface area contributed by atoms with Gasteiger partial charge in [-0.15, -0.1) is 11.3 Å². The predicted octanol–water partition coefficient (Wildman–Crippen LogP) is 3.87. The first-order chi connectivity index (χ1) is 14.0. The third kappa shape index (κ3) is 4.17. The Bertz CT molecular complexity index is 1040. The minimum absolute atomic E-state index is 0.133. The van der Waals surface area contributed by atoms with Crippen LogP contribution in [0.3, 0.4) is 0 Å². The molecule has 7 heteroatoms. The van der Waals surface area contributed by atoms with Crippen molar-refractivity contribution in [2.75, 3.05) is 11.4 Å². The molecule has 3 rings (SSSR count). The Labute approximate surface area is 181 Å². The molecule has 2 N–H and O–H groups in total. The first kappa shape index (κ1) is 22.2. The van der Waals surface area contributed by atoms with E-state index >= 15 is 0 Å². The summed E-state index contributed by atoms with van der Waals surface area (Å²) >= 11 is 1.57. The van der Waals surface area contributed by atoms with Gasteiger partial charge in [0.15, 0.2) is 10.9 Å². The lowest BCUT2D eigenvalue weighted by atomic mass is 9.77. The number of carbonyl (C=O) groups is 2. The van der Waals surface area contributed by atoms with Crippen LogP contribution in [0.15, 0.2) is 29.1 Å². The fourth-order valence-electron chi connectivity index (χ4n) is 3.67. The molecular formula is C23H29N3O3S. The zero-order valence-corrected chi connectivity index (χ0v) is 19.1. The van der Waals surface area contributed by atoms with Gasteiger partial charge >= 0.3 is 0 Å². The number of anilines is 2. The van der Waals surface area contributed by atoms with E-state index in [2.05, 4.69) is 18.8 Å². The molecule has 0 fully saturated rings. The van der Waals surface area contributed by atoms with Crippen molar-refractivity contribution in [1.29, 1.82) is 0 Å². The molecule has 160 valence electrons. The summed E-state index contributed by atoms with van der Waals surface area (Å²) in [5.74, 6) is -0.971. The summed E-state index contributed by atoms with van der Waals surface area (Å²) in [6.07, 6.45) is 2.71. The second kappa shape index (κ2) is 7.95. The highest BCUT2D eigenvalue weighted by Gasteiger charge is 2.34. The van der Waals surface area contributed by atoms with Crippen molar-refractivity contribution in [3.8, 4) is 0 Å². The van der Waals surface area contributed by atoms with Gasteiger partial charge in [0.2, 0.25) is 5.91 Å². The van der Waals surface area contributed by atoms with E-state index in [1.165, 1.54) is 13.8 Å². The number of rotatable bonds is 6. The molecule has 2 aromatic rings. The number of Topliss-reactive ketones (excluding diaryl/α,β-unsaturated/α-hetero) is 1. The van der Waals surface area contributed by atoms with Crippen molar-refractivity contribution in [3.63, 3.8) is 0 Å². The first-order valence-corrected chi connectivity index (χ1v) is 11.0. The van der Waals surface area contributed by atoms with Crippen LogP contribution in [-0.2, 0) is 17.6 Å². The Morgan fingerprint density at radius 2 is 1.87 bits per heavy atom. The van der Waals surface area contributed by atoms with Crippen LogP contribution in [0.25, 0.3) is 0 Å². The molecule has 0 radical (unpaired) electrons. The van der Waals surface area contributed by atoms with Gasteiger partial charge in [-0.05, 0) is 69.7 Å². The van der Waals surface area contributed by atoms with Crippen LogP contribution in [0.4, 0.5) is 10.8 Å². The number of hydrogen-bond donors (Lipinski definition) is 1. The Kier molecular flexibility index (Phi) is 5.87. The fraction of sp³-hybridized carbons (Fsp3) is 0.478. The smallest absolute Gasteiger partial charge is 0.276 e. The van der Waals surface area contributed by atoms with E-state index in [9.17, 15) is 14.4 Å². The number of aryl methyl sites for hydroxylation is 1.